The standard InChI is InChI=1S/C13H15FN4O2/c1-6-12(7(2)18(3)17-6)20-11-4-8(13(16)19)10(15)5-9(11)14/h4-5H,15H2,1-3H3,(H2,16,19). The molecule has 6 nitrogen and oxygen atoms in total. The third-order valence-electron chi connectivity index (χ3n) is 3.02. The Morgan fingerprint density at radius 2 is 2.05 bits per heavy atom. The van der Waals surface area contributed by atoms with Gasteiger partial charge in [0.2, 0.25) is 0 Å². The fourth-order valence-corrected chi connectivity index (χ4v) is 1.87. The van der Waals surface area contributed by atoms with Gasteiger partial charge in [-0.15, -0.1) is 0 Å². The number of rotatable bonds is 3. The highest BCUT2D eigenvalue weighted by atomic mass is 19.1. The summed E-state index contributed by atoms with van der Waals surface area (Å²) in [5.41, 5.74) is 12.0. The van der Waals surface area contributed by atoms with Crippen LogP contribution >= 0.6 is 0 Å². The molecule has 0 aliphatic rings. The Labute approximate surface area is 115 Å². The van der Waals surface area contributed by atoms with Crippen molar-refractivity contribution in [3.63, 3.8) is 0 Å². The Kier molecular flexibility index (Phi) is 3.35. The first kappa shape index (κ1) is 13.9. The van der Waals surface area contributed by atoms with E-state index in [9.17, 15) is 9.18 Å². The van der Waals surface area contributed by atoms with Crippen LogP contribution in [0.3, 0.4) is 0 Å². The maximum absolute atomic E-state index is 13.9. The lowest BCUT2D eigenvalue weighted by Crippen LogP contribution is -2.14. The average molecular weight is 278 g/mol. The van der Waals surface area contributed by atoms with E-state index in [0.717, 1.165) is 11.8 Å². The minimum atomic E-state index is -0.744. The fourth-order valence-electron chi connectivity index (χ4n) is 1.87. The molecule has 0 aliphatic carbocycles. The van der Waals surface area contributed by atoms with Crippen LogP contribution in [0.2, 0.25) is 0 Å². The van der Waals surface area contributed by atoms with Crippen molar-refractivity contribution < 1.29 is 13.9 Å². The molecule has 0 spiro atoms. The first-order valence-electron chi connectivity index (χ1n) is 5.88. The second-order valence-electron chi connectivity index (χ2n) is 4.46. The van der Waals surface area contributed by atoms with Crippen molar-refractivity contribution >= 4 is 11.6 Å². The summed E-state index contributed by atoms with van der Waals surface area (Å²) in [7, 11) is 1.75. The lowest BCUT2D eigenvalue weighted by molar-refractivity contribution is 0.100. The number of aromatic nitrogens is 2. The van der Waals surface area contributed by atoms with Gasteiger partial charge in [-0.05, 0) is 19.9 Å². The summed E-state index contributed by atoms with van der Waals surface area (Å²) < 4.78 is 21.0. The van der Waals surface area contributed by atoms with Gasteiger partial charge in [-0.1, -0.05) is 0 Å². The van der Waals surface area contributed by atoms with Gasteiger partial charge in [0.1, 0.15) is 5.69 Å². The average Bonchev–Trinajstić information content (AvgIpc) is 2.58. The number of carbonyl (C=O) groups is 1. The number of aryl methyl sites for hydroxylation is 2. The molecule has 2 aromatic rings. The van der Waals surface area contributed by atoms with E-state index in [1.807, 2.05) is 0 Å². The Balaban J connectivity index is 2.48. The zero-order chi connectivity index (χ0) is 15.0. The number of halogens is 1. The molecule has 0 radical (unpaired) electrons. The van der Waals surface area contributed by atoms with E-state index in [1.165, 1.54) is 6.07 Å². The van der Waals surface area contributed by atoms with Crippen LogP contribution in [-0.2, 0) is 7.05 Å². The summed E-state index contributed by atoms with van der Waals surface area (Å²) in [6, 6.07) is 2.20. The number of hydrogen-bond donors (Lipinski definition) is 2. The Hall–Kier alpha value is -2.57. The molecule has 4 N–H and O–H groups in total. The molecule has 7 heteroatoms. The van der Waals surface area contributed by atoms with Crippen LogP contribution in [0.15, 0.2) is 12.1 Å². The molecule has 1 amide bonds. The van der Waals surface area contributed by atoms with Gasteiger partial charge in [-0.25, -0.2) is 4.39 Å². The van der Waals surface area contributed by atoms with E-state index in [0.29, 0.717) is 11.4 Å². The first-order valence-corrected chi connectivity index (χ1v) is 5.88. The quantitative estimate of drug-likeness (QED) is 0.834. The van der Waals surface area contributed by atoms with Crippen molar-refractivity contribution in [2.24, 2.45) is 12.8 Å². The molecule has 0 fully saturated rings. The number of benzene rings is 1. The molecule has 1 aromatic carbocycles. The van der Waals surface area contributed by atoms with Crippen LogP contribution < -0.4 is 16.2 Å². The Morgan fingerprint density at radius 1 is 1.40 bits per heavy atom. The van der Waals surface area contributed by atoms with E-state index in [2.05, 4.69) is 5.10 Å². The van der Waals surface area contributed by atoms with Crippen LogP contribution in [-0.4, -0.2) is 15.7 Å². The number of carbonyl (C=O) groups excluding carboxylic acids is 1. The lowest BCUT2D eigenvalue weighted by atomic mass is 10.1. The summed E-state index contributed by atoms with van der Waals surface area (Å²) in [4.78, 5) is 11.2. The highest BCUT2D eigenvalue weighted by Gasteiger charge is 2.17. The summed E-state index contributed by atoms with van der Waals surface area (Å²) in [5.74, 6) is -1.10. The van der Waals surface area contributed by atoms with E-state index < -0.39 is 11.7 Å². The molecule has 20 heavy (non-hydrogen) atoms. The van der Waals surface area contributed by atoms with E-state index >= 15 is 0 Å². The predicted molar refractivity (Wildman–Crippen MR) is 72.1 cm³/mol. The van der Waals surface area contributed by atoms with Gasteiger partial charge in [0.25, 0.3) is 5.91 Å². The van der Waals surface area contributed by atoms with E-state index in [1.54, 1.807) is 25.6 Å². The van der Waals surface area contributed by atoms with Crippen LogP contribution in [0, 0.1) is 19.7 Å². The van der Waals surface area contributed by atoms with Crippen LogP contribution in [0.1, 0.15) is 21.7 Å². The third kappa shape index (κ3) is 2.29. The molecule has 0 bridgehead atoms. The van der Waals surface area contributed by atoms with Crippen molar-refractivity contribution in [3.05, 3.63) is 34.9 Å². The zero-order valence-corrected chi connectivity index (χ0v) is 11.4. The van der Waals surface area contributed by atoms with Gasteiger partial charge in [-0.2, -0.15) is 5.10 Å². The topological polar surface area (TPSA) is 96.2 Å². The number of amides is 1. The van der Waals surface area contributed by atoms with Gasteiger partial charge in [0.15, 0.2) is 17.3 Å². The molecular weight excluding hydrogens is 263 g/mol. The number of nitrogen functional groups attached to an aromatic ring is 1. The summed E-state index contributed by atoms with van der Waals surface area (Å²) in [5, 5.41) is 4.16. The second-order valence-corrected chi connectivity index (χ2v) is 4.46. The van der Waals surface area contributed by atoms with Crippen molar-refractivity contribution in [2.75, 3.05) is 5.73 Å². The maximum Gasteiger partial charge on any atom is 0.250 e. The van der Waals surface area contributed by atoms with Gasteiger partial charge >= 0.3 is 0 Å². The lowest BCUT2D eigenvalue weighted by Gasteiger charge is -2.10. The number of nitrogens with two attached hydrogens (primary N) is 2. The van der Waals surface area contributed by atoms with Crippen molar-refractivity contribution in [1.82, 2.24) is 9.78 Å². The van der Waals surface area contributed by atoms with Crippen LogP contribution in [0.4, 0.5) is 10.1 Å². The zero-order valence-electron chi connectivity index (χ0n) is 11.4. The van der Waals surface area contributed by atoms with Crippen LogP contribution in [0.25, 0.3) is 0 Å². The first-order chi connectivity index (χ1) is 9.31. The monoisotopic (exact) mass is 278 g/mol. The molecule has 0 aliphatic heterocycles. The summed E-state index contributed by atoms with van der Waals surface area (Å²) in [6.07, 6.45) is 0. The smallest absolute Gasteiger partial charge is 0.250 e. The van der Waals surface area contributed by atoms with Crippen molar-refractivity contribution in [1.29, 1.82) is 0 Å². The molecular formula is C13H15FN4O2. The van der Waals surface area contributed by atoms with E-state index in [-0.39, 0.29) is 17.0 Å². The minimum Gasteiger partial charge on any atom is -0.450 e. The Bertz CT molecular complexity index is 694. The molecule has 106 valence electrons. The van der Waals surface area contributed by atoms with Gasteiger partial charge < -0.3 is 16.2 Å². The van der Waals surface area contributed by atoms with Gasteiger partial charge in [0.05, 0.1) is 11.3 Å². The normalized spacial score (nSPS) is 10.6. The molecule has 0 atom stereocenters. The third-order valence-corrected chi connectivity index (χ3v) is 3.02. The SMILES string of the molecule is Cc1nn(C)c(C)c1Oc1cc(C(N)=O)c(N)cc1F. The van der Waals surface area contributed by atoms with Gasteiger partial charge in [-0.3, -0.25) is 9.48 Å². The number of primary amides is 1. The molecule has 0 unspecified atom stereocenters. The van der Waals surface area contributed by atoms with Crippen LogP contribution in [0.5, 0.6) is 11.5 Å². The number of ether oxygens (including phenoxy) is 1. The molecule has 0 saturated carbocycles. The summed E-state index contributed by atoms with van der Waals surface area (Å²) in [6.45, 7) is 3.53. The van der Waals surface area contributed by atoms with E-state index in [4.69, 9.17) is 16.2 Å². The van der Waals surface area contributed by atoms with Crippen molar-refractivity contribution in [2.45, 2.75) is 13.8 Å². The fraction of sp³-hybridized carbons (Fsp3) is 0.231. The maximum atomic E-state index is 13.9. The molecule has 0 saturated heterocycles. The Morgan fingerprint density at radius 3 is 2.55 bits per heavy atom. The molecule has 1 aromatic heterocycles. The molecule has 2 rings (SSSR count). The summed E-state index contributed by atoms with van der Waals surface area (Å²) >= 11 is 0. The van der Waals surface area contributed by atoms with Crippen molar-refractivity contribution in [3.8, 4) is 11.5 Å². The minimum absolute atomic E-state index is 0.0144. The highest BCUT2D eigenvalue weighted by Crippen LogP contribution is 2.32. The number of anilines is 1. The second kappa shape index (κ2) is 4.84. The number of nitrogens with zero attached hydrogens (tertiary/aromatic N) is 2. The largest absolute Gasteiger partial charge is 0.450 e. The predicted octanol–water partition coefficient (Wildman–Crippen LogP) is 1.65. The highest BCUT2D eigenvalue weighted by molar-refractivity contribution is 5.98. The molecule has 1 heterocycles. The van der Waals surface area contributed by atoms with Gasteiger partial charge in [0, 0.05) is 18.8 Å². The number of hydrogen-bond acceptors (Lipinski definition) is 4.